The summed E-state index contributed by atoms with van der Waals surface area (Å²) in [6.45, 7) is 7.44. The van der Waals surface area contributed by atoms with Crippen LogP contribution >= 0.6 is 0 Å². The molecule has 1 aliphatic rings. The SMILES string of the molecule is C=C(CC)CCC(CNC1CC1)c1ccccc1. The number of rotatable bonds is 8. The number of hydrogen-bond donors (Lipinski definition) is 1. The molecule has 1 heteroatoms. The summed E-state index contributed by atoms with van der Waals surface area (Å²) in [6, 6.07) is 11.7. The largest absolute Gasteiger partial charge is 0.313 e. The fourth-order valence-corrected chi connectivity index (χ4v) is 2.26. The monoisotopic (exact) mass is 243 g/mol. The van der Waals surface area contributed by atoms with Gasteiger partial charge in [-0.05, 0) is 43.6 Å². The molecule has 0 amide bonds. The van der Waals surface area contributed by atoms with Gasteiger partial charge in [-0.15, -0.1) is 0 Å². The van der Waals surface area contributed by atoms with E-state index in [1.807, 2.05) is 0 Å². The minimum atomic E-state index is 0.634. The Hall–Kier alpha value is -1.08. The van der Waals surface area contributed by atoms with E-state index in [-0.39, 0.29) is 0 Å². The second kappa shape index (κ2) is 6.75. The summed E-state index contributed by atoms with van der Waals surface area (Å²) in [5, 5.41) is 3.67. The van der Waals surface area contributed by atoms with Crippen molar-refractivity contribution < 1.29 is 0 Å². The molecule has 1 N–H and O–H groups in total. The number of benzene rings is 1. The third kappa shape index (κ3) is 4.30. The van der Waals surface area contributed by atoms with Crippen molar-refractivity contribution in [1.82, 2.24) is 5.32 Å². The van der Waals surface area contributed by atoms with Gasteiger partial charge in [0.25, 0.3) is 0 Å². The summed E-state index contributed by atoms with van der Waals surface area (Å²) >= 11 is 0. The smallest absolute Gasteiger partial charge is 0.00684 e. The number of allylic oxidation sites excluding steroid dienone is 1. The van der Waals surface area contributed by atoms with Crippen LogP contribution in [-0.2, 0) is 0 Å². The lowest BCUT2D eigenvalue weighted by Gasteiger charge is -2.18. The van der Waals surface area contributed by atoms with E-state index in [1.54, 1.807) is 0 Å². The molecule has 0 spiro atoms. The van der Waals surface area contributed by atoms with Gasteiger partial charge in [0.1, 0.15) is 0 Å². The summed E-state index contributed by atoms with van der Waals surface area (Å²) in [5.74, 6) is 0.634. The van der Waals surface area contributed by atoms with Gasteiger partial charge in [0.15, 0.2) is 0 Å². The van der Waals surface area contributed by atoms with Crippen LogP contribution in [0.1, 0.15) is 50.5 Å². The molecule has 0 aliphatic heterocycles. The Bertz CT molecular complexity index is 364. The lowest BCUT2D eigenvalue weighted by Crippen LogP contribution is -2.23. The van der Waals surface area contributed by atoms with Gasteiger partial charge in [-0.1, -0.05) is 49.4 Å². The minimum Gasteiger partial charge on any atom is -0.313 e. The van der Waals surface area contributed by atoms with Crippen LogP contribution in [0, 0.1) is 0 Å². The van der Waals surface area contributed by atoms with Crippen LogP contribution in [0.5, 0.6) is 0 Å². The molecule has 1 aliphatic carbocycles. The quantitative estimate of drug-likeness (QED) is 0.672. The Morgan fingerprint density at radius 1 is 1.33 bits per heavy atom. The molecular formula is C17H25N. The van der Waals surface area contributed by atoms with Crippen molar-refractivity contribution in [3.8, 4) is 0 Å². The van der Waals surface area contributed by atoms with Gasteiger partial charge in [0, 0.05) is 12.6 Å². The zero-order valence-electron chi connectivity index (χ0n) is 11.5. The van der Waals surface area contributed by atoms with Crippen molar-refractivity contribution in [2.24, 2.45) is 0 Å². The Balaban J connectivity index is 1.90. The maximum absolute atomic E-state index is 4.13. The molecule has 1 aromatic rings. The summed E-state index contributed by atoms with van der Waals surface area (Å²) in [5.41, 5.74) is 2.84. The van der Waals surface area contributed by atoms with Crippen molar-refractivity contribution in [2.45, 2.75) is 51.0 Å². The Kier molecular flexibility index (Phi) is 5.00. The Labute approximate surface area is 111 Å². The minimum absolute atomic E-state index is 0.634. The standard InChI is InChI=1S/C17H25N/c1-3-14(2)9-10-16(13-18-17-11-12-17)15-7-5-4-6-8-15/h4-8,16-18H,2-3,9-13H2,1H3. The van der Waals surface area contributed by atoms with Gasteiger partial charge < -0.3 is 5.32 Å². The molecule has 1 unspecified atom stereocenters. The summed E-state index contributed by atoms with van der Waals surface area (Å²) in [6.07, 6.45) is 6.21. The molecule has 1 nitrogen and oxygen atoms in total. The van der Waals surface area contributed by atoms with Crippen LogP contribution in [0.4, 0.5) is 0 Å². The highest BCUT2D eigenvalue weighted by Crippen LogP contribution is 2.25. The topological polar surface area (TPSA) is 12.0 Å². The molecule has 1 atom stereocenters. The Morgan fingerprint density at radius 3 is 2.67 bits per heavy atom. The molecule has 0 radical (unpaired) electrons. The summed E-state index contributed by atoms with van der Waals surface area (Å²) in [7, 11) is 0. The number of nitrogens with one attached hydrogen (secondary N) is 1. The highest BCUT2D eigenvalue weighted by Gasteiger charge is 2.22. The molecule has 1 fully saturated rings. The van der Waals surface area contributed by atoms with E-state index in [0.29, 0.717) is 5.92 Å². The van der Waals surface area contributed by atoms with E-state index in [4.69, 9.17) is 0 Å². The maximum Gasteiger partial charge on any atom is 0.00684 e. The molecule has 0 heterocycles. The second-order valence-electron chi connectivity index (χ2n) is 5.43. The van der Waals surface area contributed by atoms with E-state index >= 15 is 0 Å². The molecule has 18 heavy (non-hydrogen) atoms. The molecule has 2 rings (SSSR count). The van der Waals surface area contributed by atoms with Gasteiger partial charge >= 0.3 is 0 Å². The number of hydrogen-bond acceptors (Lipinski definition) is 1. The normalized spacial score (nSPS) is 16.5. The highest BCUT2D eigenvalue weighted by atomic mass is 14.9. The van der Waals surface area contributed by atoms with E-state index in [0.717, 1.165) is 25.4 Å². The molecule has 0 saturated heterocycles. The van der Waals surface area contributed by atoms with E-state index in [9.17, 15) is 0 Å². The van der Waals surface area contributed by atoms with Crippen LogP contribution in [0.25, 0.3) is 0 Å². The van der Waals surface area contributed by atoms with Crippen LogP contribution in [0.2, 0.25) is 0 Å². The first-order chi connectivity index (χ1) is 8.79. The molecule has 1 aromatic carbocycles. The van der Waals surface area contributed by atoms with E-state index < -0.39 is 0 Å². The van der Waals surface area contributed by atoms with Crippen LogP contribution in [0.15, 0.2) is 42.5 Å². The molecule has 1 saturated carbocycles. The van der Waals surface area contributed by atoms with Gasteiger partial charge in [-0.2, -0.15) is 0 Å². The van der Waals surface area contributed by atoms with Crippen LogP contribution in [-0.4, -0.2) is 12.6 Å². The first-order valence-electron chi connectivity index (χ1n) is 7.24. The van der Waals surface area contributed by atoms with Crippen molar-refractivity contribution >= 4 is 0 Å². The summed E-state index contributed by atoms with van der Waals surface area (Å²) in [4.78, 5) is 0. The van der Waals surface area contributed by atoms with Crippen molar-refractivity contribution in [3.63, 3.8) is 0 Å². The lowest BCUT2D eigenvalue weighted by atomic mass is 9.92. The van der Waals surface area contributed by atoms with Crippen molar-refractivity contribution in [1.29, 1.82) is 0 Å². The van der Waals surface area contributed by atoms with Crippen molar-refractivity contribution in [2.75, 3.05) is 6.54 Å². The van der Waals surface area contributed by atoms with E-state index in [2.05, 4.69) is 49.2 Å². The highest BCUT2D eigenvalue weighted by molar-refractivity contribution is 5.20. The summed E-state index contributed by atoms with van der Waals surface area (Å²) < 4.78 is 0. The van der Waals surface area contributed by atoms with E-state index in [1.165, 1.54) is 30.4 Å². The van der Waals surface area contributed by atoms with Gasteiger partial charge in [-0.25, -0.2) is 0 Å². The zero-order chi connectivity index (χ0) is 12.8. The predicted octanol–water partition coefficient (Wildman–Crippen LogP) is 4.27. The van der Waals surface area contributed by atoms with Crippen LogP contribution in [0.3, 0.4) is 0 Å². The zero-order valence-corrected chi connectivity index (χ0v) is 11.5. The van der Waals surface area contributed by atoms with Crippen LogP contribution < -0.4 is 5.32 Å². The molecule has 0 bridgehead atoms. The van der Waals surface area contributed by atoms with Crippen molar-refractivity contribution in [3.05, 3.63) is 48.0 Å². The molecule has 98 valence electrons. The predicted molar refractivity (Wildman–Crippen MR) is 78.9 cm³/mol. The fraction of sp³-hybridized carbons (Fsp3) is 0.529. The third-order valence-electron chi connectivity index (χ3n) is 3.85. The maximum atomic E-state index is 4.13. The fourth-order valence-electron chi connectivity index (χ4n) is 2.26. The molecule has 0 aromatic heterocycles. The molecular weight excluding hydrogens is 218 g/mol. The third-order valence-corrected chi connectivity index (χ3v) is 3.85. The average molecular weight is 243 g/mol. The second-order valence-corrected chi connectivity index (χ2v) is 5.43. The van der Waals surface area contributed by atoms with Gasteiger partial charge in [-0.3, -0.25) is 0 Å². The Morgan fingerprint density at radius 2 is 2.06 bits per heavy atom. The lowest BCUT2D eigenvalue weighted by molar-refractivity contribution is 0.545. The van der Waals surface area contributed by atoms with Gasteiger partial charge in [0.2, 0.25) is 0 Å². The van der Waals surface area contributed by atoms with Gasteiger partial charge in [0.05, 0.1) is 0 Å². The first kappa shape index (κ1) is 13.4. The average Bonchev–Trinajstić information content (AvgIpc) is 3.23. The first-order valence-corrected chi connectivity index (χ1v) is 7.24.